The Labute approximate surface area is 122 Å². The second-order valence-electron chi connectivity index (χ2n) is 4.59. The SMILES string of the molecule is COc1cc(B(O)O)cc2c(-c3cccnc3)ccnc12. The fourth-order valence-electron chi connectivity index (χ4n) is 2.32. The van der Waals surface area contributed by atoms with Gasteiger partial charge in [0.2, 0.25) is 0 Å². The Balaban J connectivity index is 2.34. The van der Waals surface area contributed by atoms with Crippen molar-refractivity contribution in [3.05, 3.63) is 48.9 Å². The van der Waals surface area contributed by atoms with Gasteiger partial charge in [-0.3, -0.25) is 9.97 Å². The second kappa shape index (κ2) is 5.51. The number of hydrogen-bond donors (Lipinski definition) is 2. The lowest BCUT2D eigenvalue weighted by molar-refractivity contribution is 0.415. The molecule has 0 amide bonds. The molecule has 21 heavy (non-hydrogen) atoms. The minimum Gasteiger partial charge on any atom is -0.494 e. The van der Waals surface area contributed by atoms with Crippen molar-refractivity contribution in [1.82, 2.24) is 9.97 Å². The molecule has 0 aliphatic heterocycles. The van der Waals surface area contributed by atoms with Crippen LogP contribution in [0.2, 0.25) is 0 Å². The Morgan fingerprint density at radius 2 is 2.00 bits per heavy atom. The molecule has 5 nitrogen and oxygen atoms in total. The van der Waals surface area contributed by atoms with E-state index < -0.39 is 7.12 Å². The van der Waals surface area contributed by atoms with Crippen molar-refractivity contribution in [3.63, 3.8) is 0 Å². The first-order chi connectivity index (χ1) is 10.2. The monoisotopic (exact) mass is 280 g/mol. The Bertz CT molecular complexity index is 778. The average Bonchev–Trinajstić information content (AvgIpc) is 2.53. The van der Waals surface area contributed by atoms with Crippen molar-refractivity contribution in [2.75, 3.05) is 7.11 Å². The molecule has 0 radical (unpaired) electrons. The molecule has 0 unspecified atom stereocenters. The summed E-state index contributed by atoms with van der Waals surface area (Å²) in [7, 11) is -0.0361. The summed E-state index contributed by atoms with van der Waals surface area (Å²) in [4.78, 5) is 8.45. The molecule has 2 aromatic heterocycles. The van der Waals surface area contributed by atoms with Crippen LogP contribution in [0.4, 0.5) is 0 Å². The van der Waals surface area contributed by atoms with Gasteiger partial charge in [-0.2, -0.15) is 0 Å². The molecule has 0 bridgehead atoms. The zero-order valence-electron chi connectivity index (χ0n) is 11.4. The maximum absolute atomic E-state index is 9.43. The van der Waals surface area contributed by atoms with Gasteiger partial charge in [-0.1, -0.05) is 12.1 Å². The van der Waals surface area contributed by atoms with Gasteiger partial charge in [-0.15, -0.1) is 0 Å². The van der Waals surface area contributed by atoms with E-state index in [1.807, 2.05) is 18.2 Å². The van der Waals surface area contributed by atoms with Gasteiger partial charge in [-0.05, 0) is 29.2 Å². The number of pyridine rings is 2. The van der Waals surface area contributed by atoms with E-state index in [2.05, 4.69) is 9.97 Å². The largest absolute Gasteiger partial charge is 0.494 e. The lowest BCUT2D eigenvalue weighted by Crippen LogP contribution is -2.29. The Morgan fingerprint density at radius 3 is 2.67 bits per heavy atom. The smallest absolute Gasteiger partial charge is 0.488 e. The lowest BCUT2D eigenvalue weighted by Gasteiger charge is -2.11. The fraction of sp³-hybridized carbons (Fsp3) is 0.0667. The number of ether oxygens (including phenoxy) is 1. The molecule has 0 atom stereocenters. The van der Waals surface area contributed by atoms with Gasteiger partial charge in [0.25, 0.3) is 0 Å². The van der Waals surface area contributed by atoms with Crippen LogP contribution >= 0.6 is 0 Å². The van der Waals surface area contributed by atoms with Gasteiger partial charge in [0.15, 0.2) is 0 Å². The number of nitrogens with zero attached hydrogens (tertiary/aromatic N) is 2. The van der Waals surface area contributed by atoms with Gasteiger partial charge in [0.1, 0.15) is 11.3 Å². The lowest BCUT2D eigenvalue weighted by atomic mass is 9.79. The zero-order valence-corrected chi connectivity index (χ0v) is 11.4. The third kappa shape index (κ3) is 2.46. The van der Waals surface area contributed by atoms with Crippen molar-refractivity contribution >= 4 is 23.5 Å². The first-order valence-corrected chi connectivity index (χ1v) is 6.44. The number of hydrogen-bond acceptors (Lipinski definition) is 5. The minimum absolute atomic E-state index is 0.359. The topological polar surface area (TPSA) is 75.5 Å². The maximum atomic E-state index is 9.43. The molecular formula is C15H13BN2O3. The third-order valence-corrected chi connectivity index (χ3v) is 3.32. The van der Waals surface area contributed by atoms with Crippen LogP contribution < -0.4 is 10.2 Å². The van der Waals surface area contributed by atoms with Crippen LogP contribution in [0.15, 0.2) is 48.9 Å². The van der Waals surface area contributed by atoms with Crippen LogP contribution in [0.1, 0.15) is 0 Å². The molecular weight excluding hydrogens is 267 g/mol. The highest BCUT2D eigenvalue weighted by molar-refractivity contribution is 6.59. The molecule has 0 fully saturated rings. The van der Waals surface area contributed by atoms with E-state index in [0.717, 1.165) is 16.5 Å². The molecule has 0 aliphatic rings. The van der Waals surface area contributed by atoms with Crippen LogP contribution in [0.25, 0.3) is 22.0 Å². The number of benzene rings is 1. The summed E-state index contributed by atoms with van der Waals surface area (Å²) in [5.74, 6) is 0.501. The summed E-state index contributed by atoms with van der Waals surface area (Å²) in [5, 5.41) is 19.6. The first-order valence-electron chi connectivity index (χ1n) is 6.44. The highest BCUT2D eigenvalue weighted by Crippen LogP contribution is 2.30. The minimum atomic E-state index is -1.56. The van der Waals surface area contributed by atoms with E-state index in [-0.39, 0.29) is 0 Å². The van der Waals surface area contributed by atoms with Crippen LogP contribution in [0.3, 0.4) is 0 Å². The van der Waals surface area contributed by atoms with Crippen molar-refractivity contribution in [2.24, 2.45) is 0 Å². The number of fused-ring (bicyclic) bond motifs is 1. The number of aromatic nitrogens is 2. The van der Waals surface area contributed by atoms with Gasteiger partial charge in [0.05, 0.1) is 7.11 Å². The average molecular weight is 280 g/mol. The summed E-state index contributed by atoms with van der Waals surface area (Å²) in [6.07, 6.45) is 5.15. The third-order valence-electron chi connectivity index (χ3n) is 3.32. The highest BCUT2D eigenvalue weighted by Gasteiger charge is 2.17. The van der Waals surface area contributed by atoms with E-state index in [4.69, 9.17) is 4.74 Å². The van der Waals surface area contributed by atoms with Crippen LogP contribution in [0, 0.1) is 0 Å². The molecule has 2 heterocycles. The van der Waals surface area contributed by atoms with Crippen molar-refractivity contribution < 1.29 is 14.8 Å². The van der Waals surface area contributed by atoms with Gasteiger partial charge in [-0.25, -0.2) is 0 Å². The Kier molecular flexibility index (Phi) is 3.56. The molecule has 1 aromatic carbocycles. The molecule has 6 heteroatoms. The number of rotatable bonds is 3. The predicted octanol–water partition coefficient (Wildman–Crippen LogP) is 0.985. The summed E-state index contributed by atoms with van der Waals surface area (Å²) in [5.41, 5.74) is 2.87. The normalized spacial score (nSPS) is 10.6. The van der Waals surface area contributed by atoms with Crippen molar-refractivity contribution in [3.8, 4) is 16.9 Å². The summed E-state index contributed by atoms with van der Waals surface area (Å²) in [6.45, 7) is 0. The fourth-order valence-corrected chi connectivity index (χ4v) is 2.32. The van der Waals surface area contributed by atoms with Gasteiger partial charge < -0.3 is 14.8 Å². The molecule has 0 aliphatic carbocycles. The molecule has 2 N–H and O–H groups in total. The van der Waals surface area contributed by atoms with Gasteiger partial charge >= 0.3 is 7.12 Å². The molecule has 0 saturated carbocycles. The summed E-state index contributed by atoms with van der Waals surface area (Å²) >= 11 is 0. The Hall–Kier alpha value is -2.44. The van der Waals surface area contributed by atoms with Crippen molar-refractivity contribution in [2.45, 2.75) is 0 Å². The first kappa shape index (κ1) is 13.5. The summed E-state index contributed by atoms with van der Waals surface area (Å²) < 4.78 is 5.31. The second-order valence-corrected chi connectivity index (χ2v) is 4.59. The van der Waals surface area contributed by atoms with E-state index >= 15 is 0 Å². The standard InChI is InChI=1S/C15H13BN2O3/c1-21-14-8-11(16(19)20)7-13-12(4-6-18-15(13)14)10-3-2-5-17-9-10/h2-9,19-20H,1H3. The van der Waals surface area contributed by atoms with E-state index in [9.17, 15) is 10.0 Å². The van der Waals surface area contributed by atoms with Gasteiger partial charge in [0, 0.05) is 29.5 Å². The molecule has 3 aromatic rings. The number of methoxy groups -OCH3 is 1. The van der Waals surface area contributed by atoms with Crippen LogP contribution in [-0.2, 0) is 0 Å². The maximum Gasteiger partial charge on any atom is 0.488 e. The van der Waals surface area contributed by atoms with Crippen LogP contribution in [-0.4, -0.2) is 34.2 Å². The van der Waals surface area contributed by atoms with E-state index in [0.29, 0.717) is 16.7 Å². The molecule has 0 spiro atoms. The molecule has 0 saturated heterocycles. The Morgan fingerprint density at radius 1 is 1.14 bits per heavy atom. The van der Waals surface area contributed by atoms with E-state index in [1.165, 1.54) is 7.11 Å². The molecule has 104 valence electrons. The zero-order chi connectivity index (χ0) is 14.8. The molecule has 3 rings (SSSR count). The van der Waals surface area contributed by atoms with Crippen LogP contribution in [0.5, 0.6) is 5.75 Å². The predicted molar refractivity (Wildman–Crippen MR) is 81.4 cm³/mol. The quantitative estimate of drug-likeness (QED) is 0.700. The highest BCUT2D eigenvalue weighted by atomic mass is 16.5. The van der Waals surface area contributed by atoms with Crippen molar-refractivity contribution in [1.29, 1.82) is 0 Å². The summed E-state index contributed by atoms with van der Waals surface area (Å²) in [6, 6.07) is 8.94. The van der Waals surface area contributed by atoms with E-state index in [1.54, 1.807) is 30.7 Å².